The zero-order chi connectivity index (χ0) is 16.8. The van der Waals surface area contributed by atoms with Gasteiger partial charge in [0, 0.05) is 18.0 Å². The molecule has 2 aromatic heterocycles. The third-order valence-electron chi connectivity index (χ3n) is 4.27. The summed E-state index contributed by atoms with van der Waals surface area (Å²) in [6.07, 6.45) is 3.37. The van der Waals surface area contributed by atoms with Gasteiger partial charge < -0.3 is 0 Å². The molecule has 0 bridgehead atoms. The normalized spacial score (nSPS) is 11.2. The highest BCUT2D eigenvalue weighted by molar-refractivity contribution is 5.97. The van der Waals surface area contributed by atoms with E-state index in [9.17, 15) is 9.59 Å². The number of hydrogen-bond acceptors (Lipinski definition) is 3. The summed E-state index contributed by atoms with van der Waals surface area (Å²) in [6, 6.07) is 13.1. The topological polar surface area (TPSA) is 56.4 Å². The highest BCUT2D eigenvalue weighted by Gasteiger charge is 2.15. The first-order chi connectivity index (χ1) is 11.6. The van der Waals surface area contributed by atoms with Crippen molar-refractivity contribution < 1.29 is 4.79 Å². The average Bonchev–Trinajstić information content (AvgIpc) is 3.06. The summed E-state index contributed by atoms with van der Waals surface area (Å²) < 4.78 is 3.40. The van der Waals surface area contributed by atoms with Crippen LogP contribution in [0.15, 0.2) is 59.7 Å². The molecule has 0 atom stereocenters. The number of nitrogens with zero attached hydrogens (tertiary/aromatic N) is 3. The fourth-order valence-electron chi connectivity index (χ4n) is 3.04. The van der Waals surface area contributed by atoms with Crippen LogP contribution in [0.25, 0.3) is 22.4 Å². The number of carbonyl (C=O) groups is 1. The van der Waals surface area contributed by atoms with E-state index < -0.39 is 0 Å². The van der Waals surface area contributed by atoms with E-state index in [0.29, 0.717) is 16.7 Å². The van der Waals surface area contributed by atoms with Gasteiger partial charge in [0.15, 0.2) is 5.78 Å². The van der Waals surface area contributed by atoms with Crippen molar-refractivity contribution in [1.29, 1.82) is 0 Å². The minimum absolute atomic E-state index is 0.0357. The molecule has 2 aromatic carbocycles. The van der Waals surface area contributed by atoms with Gasteiger partial charge in [-0.05, 0) is 43.7 Å². The number of hydrogen-bond donors (Lipinski definition) is 0. The van der Waals surface area contributed by atoms with E-state index in [0.717, 1.165) is 16.8 Å². The van der Waals surface area contributed by atoms with Crippen LogP contribution >= 0.6 is 0 Å². The van der Waals surface area contributed by atoms with Crippen molar-refractivity contribution in [3.05, 3.63) is 76.3 Å². The third kappa shape index (κ3) is 1.98. The first-order valence-electron chi connectivity index (χ1n) is 7.67. The number of fused-ring (bicyclic) bond motifs is 3. The Morgan fingerprint density at radius 2 is 1.88 bits per heavy atom. The highest BCUT2D eigenvalue weighted by Crippen LogP contribution is 2.21. The Hall–Kier alpha value is -3.21. The van der Waals surface area contributed by atoms with E-state index in [1.54, 1.807) is 33.5 Å². The van der Waals surface area contributed by atoms with E-state index >= 15 is 0 Å². The average molecular weight is 317 g/mol. The SMILES string of the molecule is CC(=O)c1ccc2c(c1)n(-c1ccccc1C)c(=O)c1nccn12. The quantitative estimate of drug-likeness (QED) is 0.534. The number of para-hydroxylation sites is 1. The lowest BCUT2D eigenvalue weighted by Gasteiger charge is -2.14. The summed E-state index contributed by atoms with van der Waals surface area (Å²) in [4.78, 5) is 29.0. The number of ketones is 1. The molecule has 0 aliphatic rings. The highest BCUT2D eigenvalue weighted by atomic mass is 16.1. The summed E-state index contributed by atoms with van der Waals surface area (Å²) in [7, 11) is 0. The van der Waals surface area contributed by atoms with E-state index in [2.05, 4.69) is 4.98 Å². The van der Waals surface area contributed by atoms with Crippen LogP contribution < -0.4 is 5.56 Å². The van der Waals surface area contributed by atoms with Crippen LogP contribution in [0.3, 0.4) is 0 Å². The summed E-state index contributed by atoms with van der Waals surface area (Å²) in [5.41, 5.74) is 4.01. The minimum atomic E-state index is -0.206. The second-order valence-corrected chi connectivity index (χ2v) is 5.81. The van der Waals surface area contributed by atoms with Gasteiger partial charge >= 0.3 is 0 Å². The number of Topliss-reactive ketones (excluding diaryl/α,β-unsaturated/α-hetero) is 1. The fraction of sp³-hybridized carbons (Fsp3) is 0.105. The molecule has 118 valence electrons. The summed E-state index contributed by atoms with van der Waals surface area (Å²) in [5, 5.41) is 0. The molecular formula is C19H15N3O2. The first kappa shape index (κ1) is 14.4. The monoisotopic (exact) mass is 317 g/mol. The van der Waals surface area contributed by atoms with Gasteiger partial charge in [-0.3, -0.25) is 18.6 Å². The molecule has 0 aliphatic carbocycles. The summed E-state index contributed by atoms with van der Waals surface area (Å²) >= 11 is 0. The maximum absolute atomic E-state index is 13.0. The van der Waals surface area contributed by atoms with Crippen LogP contribution in [0, 0.1) is 6.92 Å². The molecule has 5 nitrogen and oxygen atoms in total. The van der Waals surface area contributed by atoms with Gasteiger partial charge in [0.25, 0.3) is 5.56 Å². The van der Waals surface area contributed by atoms with Crippen molar-refractivity contribution in [3.8, 4) is 5.69 Å². The second-order valence-electron chi connectivity index (χ2n) is 5.81. The smallest absolute Gasteiger partial charge is 0.295 e. The molecule has 0 N–H and O–H groups in total. The van der Waals surface area contributed by atoms with Gasteiger partial charge in [-0.25, -0.2) is 4.98 Å². The number of benzene rings is 2. The first-order valence-corrected chi connectivity index (χ1v) is 7.67. The Balaban J connectivity index is 2.26. The third-order valence-corrected chi connectivity index (χ3v) is 4.27. The van der Waals surface area contributed by atoms with Crippen molar-refractivity contribution in [3.63, 3.8) is 0 Å². The van der Waals surface area contributed by atoms with Crippen molar-refractivity contribution in [2.24, 2.45) is 0 Å². The molecule has 0 fully saturated rings. The van der Waals surface area contributed by atoms with Crippen LogP contribution in [0.2, 0.25) is 0 Å². The second kappa shape index (κ2) is 5.16. The van der Waals surface area contributed by atoms with E-state index in [4.69, 9.17) is 0 Å². The van der Waals surface area contributed by atoms with Crippen LogP contribution in [-0.4, -0.2) is 19.7 Å². The summed E-state index contributed by atoms with van der Waals surface area (Å²) in [6.45, 7) is 3.48. The lowest BCUT2D eigenvalue weighted by atomic mass is 10.1. The standard InChI is InChI=1S/C19H15N3O2/c1-12-5-3-4-6-15(12)22-17-11-14(13(2)23)7-8-16(17)21-10-9-20-18(21)19(22)24/h3-11H,1-2H3. The van der Waals surface area contributed by atoms with Gasteiger partial charge in [-0.1, -0.05) is 18.2 Å². The predicted octanol–water partition coefficient (Wildman–Crippen LogP) is 3.15. The Morgan fingerprint density at radius 1 is 1.08 bits per heavy atom. The molecule has 0 spiro atoms. The van der Waals surface area contributed by atoms with Crippen LogP contribution in [0.1, 0.15) is 22.8 Å². The lowest BCUT2D eigenvalue weighted by molar-refractivity contribution is 0.101. The molecular weight excluding hydrogens is 302 g/mol. The predicted molar refractivity (Wildman–Crippen MR) is 93.0 cm³/mol. The number of aryl methyl sites for hydroxylation is 1. The molecule has 0 radical (unpaired) electrons. The van der Waals surface area contributed by atoms with Crippen LogP contribution in [-0.2, 0) is 0 Å². The minimum Gasteiger partial charge on any atom is -0.295 e. The molecule has 0 unspecified atom stereocenters. The summed E-state index contributed by atoms with van der Waals surface area (Å²) in [5.74, 6) is -0.0357. The van der Waals surface area contributed by atoms with Gasteiger partial charge in [0.2, 0.25) is 5.65 Å². The molecule has 0 aliphatic heterocycles. The zero-order valence-electron chi connectivity index (χ0n) is 13.4. The van der Waals surface area contributed by atoms with Crippen molar-refractivity contribution in [1.82, 2.24) is 14.0 Å². The largest absolute Gasteiger partial charge is 0.299 e. The molecule has 0 saturated carbocycles. The van der Waals surface area contributed by atoms with E-state index in [1.165, 1.54) is 6.92 Å². The lowest BCUT2D eigenvalue weighted by Crippen LogP contribution is -2.22. The number of imidazole rings is 1. The van der Waals surface area contributed by atoms with Gasteiger partial charge in [-0.15, -0.1) is 0 Å². The van der Waals surface area contributed by atoms with Gasteiger partial charge in [0.05, 0.1) is 16.7 Å². The van der Waals surface area contributed by atoms with Crippen molar-refractivity contribution >= 4 is 22.5 Å². The number of rotatable bonds is 2. The van der Waals surface area contributed by atoms with E-state index in [-0.39, 0.29) is 11.3 Å². The van der Waals surface area contributed by atoms with Gasteiger partial charge in [0.1, 0.15) is 0 Å². The maximum atomic E-state index is 13.0. The Bertz CT molecular complexity index is 1170. The number of aromatic nitrogens is 3. The molecule has 5 heteroatoms. The molecule has 0 amide bonds. The zero-order valence-corrected chi connectivity index (χ0v) is 13.4. The Kier molecular flexibility index (Phi) is 3.09. The fourth-order valence-corrected chi connectivity index (χ4v) is 3.04. The molecule has 4 aromatic rings. The Morgan fingerprint density at radius 3 is 2.62 bits per heavy atom. The van der Waals surface area contributed by atoms with E-state index in [1.807, 2.05) is 37.3 Å². The van der Waals surface area contributed by atoms with Crippen molar-refractivity contribution in [2.75, 3.05) is 0 Å². The van der Waals surface area contributed by atoms with Crippen LogP contribution in [0.5, 0.6) is 0 Å². The number of carbonyl (C=O) groups excluding carboxylic acids is 1. The molecule has 0 saturated heterocycles. The molecule has 4 rings (SSSR count). The maximum Gasteiger partial charge on any atom is 0.299 e. The Labute approximate surface area is 137 Å². The van der Waals surface area contributed by atoms with Crippen molar-refractivity contribution in [2.45, 2.75) is 13.8 Å². The molecule has 2 heterocycles. The van der Waals surface area contributed by atoms with Gasteiger partial charge in [-0.2, -0.15) is 0 Å². The molecule has 24 heavy (non-hydrogen) atoms. The van der Waals surface area contributed by atoms with Crippen LogP contribution in [0.4, 0.5) is 0 Å².